The van der Waals surface area contributed by atoms with Gasteiger partial charge in [-0.3, -0.25) is 0 Å². The molecule has 0 saturated carbocycles. The van der Waals surface area contributed by atoms with Crippen molar-refractivity contribution in [2.24, 2.45) is 0 Å². The average molecular weight is 288 g/mol. The van der Waals surface area contributed by atoms with Gasteiger partial charge in [-0.15, -0.1) is 0 Å². The molecule has 0 amide bonds. The van der Waals surface area contributed by atoms with Gasteiger partial charge < -0.3 is 9.68 Å². The van der Waals surface area contributed by atoms with Gasteiger partial charge in [0.05, 0.1) is 0 Å². The van der Waals surface area contributed by atoms with Gasteiger partial charge in [-0.2, -0.15) is 0 Å². The Morgan fingerprint density at radius 1 is 0.727 bits per heavy atom. The summed E-state index contributed by atoms with van der Waals surface area (Å²) in [5, 5.41) is 8.77. The van der Waals surface area contributed by atoms with Crippen LogP contribution in [0.1, 0.15) is 5.56 Å². The zero-order valence-corrected chi connectivity index (χ0v) is 12.5. The Hall–Kier alpha value is -2.52. The standard InChI is InChI=1S/C19H17BO2/c1-14-4-2-5-16(12-14)18-7-3-6-17(13-18)15-8-10-19(11-9-15)22-20-21/h2-13,20-21H,1H3. The first-order valence-corrected chi connectivity index (χ1v) is 7.27. The van der Waals surface area contributed by atoms with Crippen LogP contribution in [0.3, 0.4) is 0 Å². The predicted molar refractivity (Wildman–Crippen MR) is 92.0 cm³/mol. The van der Waals surface area contributed by atoms with Gasteiger partial charge in [0.15, 0.2) is 0 Å². The van der Waals surface area contributed by atoms with Crippen LogP contribution in [0, 0.1) is 6.92 Å². The van der Waals surface area contributed by atoms with Crippen molar-refractivity contribution >= 4 is 7.69 Å². The largest absolute Gasteiger partial charge is 0.539 e. The molecule has 0 unspecified atom stereocenters. The lowest BCUT2D eigenvalue weighted by atomic mass is 9.98. The van der Waals surface area contributed by atoms with Gasteiger partial charge in [-0.1, -0.05) is 60.2 Å². The van der Waals surface area contributed by atoms with Crippen molar-refractivity contribution < 1.29 is 9.68 Å². The van der Waals surface area contributed by atoms with E-state index < -0.39 is 0 Å². The fraction of sp³-hybridized carbons (Fsp3) is 0.0526. The molecule has 3 aromatic carbocycles. The van der Waals surface area contributed by atoms with Crippen LogP contribution in [0.15, 0.2) is 72.8 Å². The number of aryl methyl sites for hydroxylation is 1. The summed E-state index contributed by atoms with van der Waals surface area (Å²) >= 11 is 0. The second-order valence-electron chi connectivity index (χ2n) is 5.25. The van der Waals surface area contributed by atoms with Gasteiger partial charge in [0.25, 0.3) is 0 Å². The Bertz CT molecular complexity index is 766. The summed E-state index contributed by atoms with van der Waals surface area (Å²) < 4.78 is 5.06. The van der Waals surface area contributed by atoms with Crippen molar-refractivity contribution in [3.63, 3.8) is 0 Å². The molecule has 0 heterocycles. The molecule has 3 aromatic rings. The third-order valence-electron chi connectivity index (χ3n) is 3.63. The molecule has 0 bridgehead atoms. The molecule has 108 valence electrons. The van der Waals surface area contributed by atoms with E-state index in [4.69, 9.17) is 9.68 Å². The Morgan fingerprint density at radius 2 is 1.32 bits per heavy atom. The van der Waals surface area contributed by atoms with Crippen LogP contribution in [-0.4, -0.2) is 12.7 Å². The van der Waals surface area contributed by atoms with Crippen LogP contribution in [0.5, 0.6) is 5.75 Å². The highest BCUT2D eigenvalue weighted by molar-refractivity contribution is 6.17. The van der Waals surface area contributed by atoms with Crippen LogP contribution >= 0.6 is 0 Å². The predicted octanol–water partition coefficient (Wildman–Crippen LogP) is 3.97. The molecule has 0 radical (unpaired) electrons. The highest BCUT2D eigenvalue weighted by Gasteiger charge is 2.03. The molecule has 0 fully saturated rings. The number of hydrogen-bond donors (Lipinski definition) is 1. The Balaban J connectivity index is 1.94. The maximum absolute atomic E-state index is 8.77. The Morgan fingerprint density at radius 3 is 1.95 bits per heavy atom. The monoisotopic (exact) mass is 288 g/mol. The smallest absolute Gasteiger partial charge is 0.504 e. The lowest BCUT2D eigenvalue weighted by molar-refractivity contribution is 0.454. The number of rotatable bonds is 4. The van der Waals surface area contributed by atoms with E-state index in [9.17, 15) is 0 Å². The minimum absolute atomic E-state index is 0.303. The number of hydrogen-bond acceptors (Lipinski definition) is 2. The molecule has 3 heteroatoms. The first-order chi connectivity index (χ1) is 10.8. The highest BCUT2D eigenvalue weighted by Crippen LogP contribution is 2.28. The van der Waals surface area contributed by atoms with Crippen molar-refractivity contribution in [1.29, 1.82) is 0 Å². The Labute approximate surface area is 131 Å². The topological polar surface area (TPSA) is 29.5 Å². The van der Waals surface area contributed by atoms with Crippen molar-refractivity contribution in [1.82, 2.24) is 0 Å². The molecule has 0 aliphatic heterocycles. The van der Waals surface area contributed by atoms with Crippen LogP contribution in [0.4, 0.5) is 0 Å². The lowest BCUT2D eigenvalue weighted by Gasteiger charge is -2.08. The van der Waals surface area contributed by atoms with E-state index in [1.54, 1.807) is 0 Å². The number of benzene rings is 3. The van der Waals surface area contributed by atoms with Gasteiger partial charge in [0.1, 0.15) is 5.75 Å². The zero-order valence-electron chi connectivity index (χ0n) is 12.5. The summed E-state index contributed by atoms with van der Waals surface area (Å²) in [5.74, 6) is 0.668. The van der Waals surface area contributed by atoms with Crippen LogP contribution in [-0.2, 0) is 0 Å². The van der Waals surface area contributed by atoms with Crippen molar-refractivity contribution in [3.8, 4) is 28.0 Å². The third kappa shape index (κ3) is 3.21. The summed E-state index contributed by atoms with van der Waals surface area (Å²) in [6.45, 7) is 2.10. The Kier molecular flexibility index (Phi) is 4.26. The van der Waals surface area contributed by atoms with E-state index in [0.717, 1.165) is 11.1 Å². The van der Waals surface area contributed by atoms with E-state index in [-0.39, 0.29) is 7.69 Å². The van der Waals surface area contributed by atoms with E-state index in [1.807, 2.05) is 24.3 Å². The van der Waals surface area contributed by atoms with Gasteiger partial charge in [0, 0.05) is 0 Å². The zero-order chi connectivity index (χ0) is 15.4. The maximum atomic E-state index is 8.77. The maximum Gasteiger partial charge on any atom is 0.504 e. The van der Waals surface area contributed by atoms with Gasteiger partial charge in [-0.05, 0) is 47.4 Å². The molecule has 0 saturated heterocycles. The molecule has 2 nitrogen and oxygen atoms in total. The normalized spacial score (nSPS) is 10.3. The molecule has 0 aliphatic rings. The molecular formula is C19H17BO2. The van der Waals surface area contributed by atoms with Gasteiger partial charge in [0.2, 0.25) is 0 Å². The molecule has 0 spiro atoms. The van der Waals surface area contributed by atoms with Crippen molar-refractivity contribution in [2.45, 2.75) is 6.92 Å². The summed E-state index contributed by atoms with van der Waals surface area (Å²) in [7, 11) is -0.303. The minimum Gasteiger partial charge on any atom is -0.539 e. The fourth-order valence-corrected chi connectivity index (χ4v) is 2.52. The van der Waals surface area contributed by atoms with E-state index in [1.165, 1.54) is 16.7 Å². The third-order valence-corrected chi connectivity index (χ3v) is 3.63. The minimum atomic E-state index is -0.303. The molecule has 0 aliphatic carbocycles. The van der Waals surface area contributed by atoms with E-state index in [0.29, 0.717) is 5.75 Å². The lowest BCUT2D eigenvalue weighted by Crippen LogP contribution is -1.99. The molecule has 0 aromatic heterocycles. The average Bonchev–Trinajstić information content (AvgIpc) is 2.56. The first kappa shape index (κ1) is 14.4. The summed E-state index contributed by atoms with van der Waals surface area (Å²) in [5.41, 5.74) is 5.97. The molecule has 22 heavy (non-hydrogen) atoms. The molecular weight excluding hydrogens is 271 g/mol. The van der Waals surface area contributed by atoms with Crippen molar-refractivity contribution in [2.75, 3.05) is 0 Å². The molecule has 0 atom stereocenters. The van der Waals surface area contributed by atoms with Gasteiger partial charge >= 0.3 is 7.69 Å². The second-order valence-corrected chi connectivity index (χ2v) is 5.25. The van der Waals surface area contributed by atoms with Crippen LogP contribution in [0.25, 0.3) is 22.3 Å². The van der Waals surface area contributed by atoms with E-state index in [2.05, 4.69) is 55.5 Å². The molecule has 1 N–H and O–H groups in total. The summed E-state index contributed by atoms with van der Waals surface area (Å²) in [4.78, 5) is 0. The van der Waals surface area contributed by atoms with Crippen molar-refractivity contribution in [3.05, 3.63) is 78.4 Å². The first-order valence-electron chi connectivity index (χ1n) is 7.27. The fourth-order valence-electron chi connectivity index (χ4n) is 2.52. The summed E-state index contributed by atoms with van der Waals surface area (Å²) in [6.07, 6.45) is 0. The summed E-state index contributed by atoms with van der Waals surface area (Å²) in [6, 6.07) is 24.7. The second kappa shape index (κ2) is 6.50. The SMILES string of the molecule is Cc1cccc(-c2cccc(-c3ccc(OBO)cc3)c2)c1. The highest BCUT2D eigenvalue weighted by atomic mass is 16.5. The van der Waals surface area contributed by atoms with Crippen LogP contribution < -0.4 is 4.65 Å². The van der Waals surface area contributed by atoms with E-state index >= 15 is 0 Å². The van der Waals surface area contributed by atoms with Crippen LogP contribution in [0.2, 0.25) is 0 Å². The quantitative estimate of drug-likeness (QED) is 0.736. The van der Waals surface area contributed by atoms with Gasteiger partial charge in [-0.25, -0.2) is 0 Å². The molecule has 3 rings (SSSR count).